The quantitative estimate of drug-likeness (QED) is 0.438. The lowest BCUT2D eigenvalue weighted by molar-refractivity contribution is 0.101. The molecular weight excluding hydrogens is 384 g/mol. The highest BCUT2D eigenvalue weighted by molar-refractivity contribution is 6.02. The molecule has 30 heavy (non-hydrogen) atoms. The maximum Gasteiger partial charge on any atom is 0.275 e. The summed E-state index contributed by atoms with van der Waals surface area (Å²) >= 11 is 0. The van der Waals surface area contributed by atoms with E-state index in [2.05, 4.69) is 25.6 Å². The predicted molar refractivity (Wildman–Crippen MR) is 114 cm³/mol. The van der Waals surface area contributed by atoms with Gasteiger partial charge in [0, 0.05) is 25.0 Å². The number of hydrogen-bond acceptors (Lipinski definition) is 8. The topological polar surface area (TPSA) is 124 Å². The average Bonchev–Trinajstić information content (AvgIpc) is 2.77. The van der Waals surface area contributed by atoms with Crippen molar-refractivity contribution in [1.82, 2.24) is 15.0 Å². The molecule has 0 aliphatic heterocycles. The molecule has 9 nitrogen and oxygen atoms in total. The number of rotatable bonds is 10. The Kier molecular flexibility index (Phi) is 7.51. The van der Waals surface area contributed by atoms with Crippen molar-refractivity contribution in [2.24, 2.45) is 0 Å². The Hall–Kier alpha value is -3.72. The van der Waals surface area contributed by atoms with Gasteiger partial charge in [-0.15, -0.1) is 0 Å². The van der Waals surface area contributed by atoms with Crippen molar-refractivity contribution in [3.05, 3.63) is 66.2 Å². The van der Waals surface area contributed by atoms with Gasteiger partial charge in [-0.3, -0.25) is 4.79 Å². The van der Waals surface area contributed by atoms with Crippen LogP contribution in [0.3, 0.4) is 0 Å². The monoisotopic (exact) mass is 408 g/mol. The van der Waals surface area contributed by atoms with E-state index in [1.54, 1.807) is 12.3 Å². The van der Waals surface area contributed by atoms with E-state index >= 15 is 0 Å². The van der Waals surface area contributed by atoms with Crippen molar-refractivity contribution >= 4 is 23.1 Å². The number of hydrogen-bond donors (Lipinski definition) is 3. The maximum absolute atomic E-state index is 12.4. The number of carbonyl (C=O) groups is 1. The lowest BCUT2D eigenvalue weighted by Gasteiger charge is -2.10. The normalized spacial score (nSPS) is 10.4. The summed E-state index contributed by atoms with van der Waals surface area (Å²) in [7, 11) is 0. The fourth-order valence-corrected chi connectivity index (χ4v) is 2.58. The molecule has 0 aliphatic rings. The van der Waals surface area contributed by atoms with Gasteiger partial charge in [0.15, 0.2) is 0 Å². The molecule has 156 valence electrons. The first kappa shape index (κ1) is 21.0. The summed E-state index contributed by atoms with van der Waals surface area (Å²) in [6.45, 7) is 3.92. The number of nitrogens with zero attached hydrogens (tertiary/aromatic N) is 3. The highest BCUT2D eigenvalue weighted by atomic mass is 16.5. The van der Waals surface area contributed by atoms with Gasteiger partial charge >= 0.3 is 0 Å². The zero-order valence-electron chi connectivity index (χ0n) is 16.7. The van der Waals surface area contributed by atoms with Gasteiger partial charge < -0.3 is 25.8 Å². The summed E-state index contributed by atoms with van der Waals surface area (Å²) < 4.78 is 10.6. The van der Waals surface area contributed by atoms with E-state index in [1.807, 2.05) is 37.3 Å². The van der Waals surface area contributed by atoms with E-state index in [0.717, 1.165) is 11.3 Å². The Bertz CT molecular complexity index is 965. The van der Waals surface area contributed by atoms with Crippen LogP contribution in [0.25, 0.3) is 0 Å². The summed E-state index contributed by atoms with van der Waals surface area (Å²) in [5.74, 6) is 0.421. The number of nitrogens with one attached hydrogen (secondary N) is 2. The SMILES string of the molecule is CCOCCOc1cnc(C(=O)Nc2cccc(CNc3cccnc3N)c2)cn1. The highest BCUT2D eigenvalue weighted by Gasteiger charge is 2.09. The number of anilines is 3. The van der Waals surface area contributed by atoms with Crippen LogP contribution in [0.5, 0.6) is 5.88 Å². The van der Waals surface area contributed by atoms with Crippen LogP contribution in [-0.4, -0.2) is 40.7 Å². The molecule has 0 bridgehead atoms. The van der Waals surface area contributed by atoms with E-state index in [0.29, 0.717) is 43.8 Å². The molecule has 0 saturated carbocycles. The van der Waals surface area contributed by atoms with Crippen molar-refractivity contribution in [3.63, 3.8) is 0 Å². The van der Waals surface area contributed by atoms with Gasteiger partial charge in [0.05, 0.1) is 24.7 Å². The van der Waals surface area contributed by atoms with Crippen LogP contribution in [0, 0.1) is 0 Å². The Balaban J connectivity index is 1.55. The number of amides is 1. The van der Waals surface area contributed by atoms with Crippen LogP contribution in [0.2, 0.25) is 0 Å². The summed E-state index contributed by atoms with van der Waals surface area (Å²) in [5.41, 5.74) is 8.41. The van der Waals surface area contributed by atoms with Gasteiger partial charge in [-0.1, -0.05) is 12.1 Å². The standard InChI is InChI=1S/C21H24N6O3/c1-2-29-9-10-30-19-14-25-18(13-26-19)21(28)27-16-6-3-5-15(11-16)12-24-17-7-4-8-23-20(17)22/h3-8,11,13-14,24H,2,9-10,12H2,1H3,(H2,22,23)(H,27,28). The number of ether oxygens (including phenoxy) is 2. The largest absolute Gasteiger partial charge is 0.474 e. The maximum atomic E-state index is 12.4. The molecule has 4 N–H and O–H groups in total. The minimum absolute atomic E-state index is 0.193. The summed E-state index contributed by atoms with van der Waals surface area (Å²) in [6.07, 6.45) is 4.43. The van der Waals surface area contributed by atoms with Crippen LogP contribution < -0.4 is 21.1 Å². The van der Waals surface area contributed by atoms with Gasteiger partial charge in [0.1, 0.15) is 18.1 Å². The Labute approximate surface area is 174 Å². The Morgan fingerprint density at radius 2 is 2.00 bits per heavy atom. The molecule has 1 aromatic carbocycles. The molecule has 3 rings (SSSR count). The Morgan fingerprint density at radius 1 is 1.10 bits per heavy atom. The van der Waals surface area contributed by atoms with Crippen molar-refractivity contribution in [2.45, 2.75) is 13.5 Å². The minimum Gasteiger partial charge on any atom is -0.474 e. The number of pyridine rings is 1. The lowest BCUT2D eigenvalue weighted by atomic mass is 10.2. The van der Waals surface area contributed by atoms with E-state index in [1.165, 1.54) is 12.4 Å². The van der Waals surface area contributed by atoms with E-state index in [4.69, 9.17) is 15.2 Å². The van der Waals surface area contributed by atoms with Gasteiger partial charge in [-0.25, -0.2) is 15.0 Å². The molecular formula is C21H24N6O3. The number of aromatic nitrogens is 3. The highest BCUT2D eigenvalue weighted by Crippen LogP contribution is 2.17. The molecule has 0 spiro atoms. The molecule has 2 heterocycles. The molecule has 2 aromatic heterocycles. The lowest BCUT2D eigenvalue weighted by Crippen LogP contribution is -2.15. The summed E-state index contributed by atoms with van der Waals surface area (Å²) in [4.78, 5) is 24.7. The third-order valence-corrected chi connectivity index (χ3v) is 4.05. The molecule has 0 atom stereocenters. The number of nitrogen functional groups attached to an aromatic ring is 1. The third-order valence-electron chi connectivity index (χ3n) is 4.05. The van der Waals surface area contributed by atoms with Crippen molar-refractivity contribution in [3.8, 4) is 5.88 Å². The van der Waals surface area contributed by atoms with Crippen molar-refractivity contribution in [2.75, 3.05) is 36.2 Å². The van der Waals surface area contributed by atoms with E-state index in [9.17, 15) is 4.79 Å². The second kappa shape index (κ2) is 10.7. The van der Waals surface area contributed by atoms with E-state index < -0.39 is 0 Å². The molecule has 0 fully saturated rings. The van der Waals surface area contributed by atoms with Gasteiger partial charge in [0.2, 0.25) is 5.88 Å². The minimum atomic E-state index is -0.357. The van der Waals surface area contributed by atoms with Crippen LogP contribution >= 0.6 is 0 Å². The molecule has 9 heteroatoms. The fraction of sp³-hybridized carbons (Fsp3) is 0.238. The first-order valence-corrected chi connectivity index (χ1v) is 9.53. The first-order chi connectivity index (χ1) is 14.7. The molecule has 1 amide bonds. The molecule has 3 aromatic rings. The second-order valence-corrected chi connectivity index (χ2v) is 6.23. The number of carbonyl (C=O) groups excluding carboxylic acids is 1. The molecule has 0 unspecified atom stereocenters. The second-order valence-electron chi connectivity index (χ2n) is 6.23. The van der Waals surface area contributed by atoms with Crippen molar-refractivity contribution in [1.29, 1.82) is 0 Å². The molecule has 0 radical (unpaired) electrons. The van der Waals surface area contributed by atoms with Crippen LogP contribution in [-0.2, 0) is 11.3 Å². The molecule has 0 saturated heterocycles. The third kappa shape index (κ3) is 6.14. The number of nitrogens with two attached hydrogens (primary N) is 1. The summed E-state index contributed by atoms with van der Waals surface area (Å²) in [5, 5.41) is 6.05. The zero-order valence-corrected chi connectivity index (χ0v) is 16.7. The molecule has 0 aliphatic carbocycles. The van der Waals surface area contributed by atoms with Gasteiger partial charge in [-0.2, -0.15) is 0 Å². The zero-order chi connectivity index (χ0) is 21.2. The fourth-order valence-electron chi connectivity index (χ4n) is 2.58. The average molecular weight is 408 g/mol. The predicted octanol–water partition coefficient (Wildman–Crippen LogP) is 2.73. The van der Waals surface area contributed by atoms with Crippen LogP contribution in [0.15, 0.2) is 55.0 Å². The van der Waals surface area contributed by atoms with E-state index in [-0.39, 0.29) is 11.6 Å². The van der Waals surface area contributed by atoms with Crippen molar-refractivity contribution < 1.29 is 14.3 Å². The number of benzene rings is 1. The first-order valence-electron chi connectivity index (χ1n) is 9.53. The Morgan fingerprint density at radius 3 is 2.77 bits per heavy atom. The summed E-state index contributed by atoms with van der Waals surface area (Å²) in [6, 6.07) is 11.2. The van der Waals surface area contributed by atoms with Gasteiger partial charge in [0.25, 0.3) is 5.91 Å². The van der Waals surface area contributed by atoms with Crippen LogP contribution in [0.1, 0.15) is 23.0 Å². The van der Waals surface area contributed by atoms with Gasteiger partial charge in [-0.05, 0) is 36.8 Å². The smallest absolute Gasteiger partial charge is 0.275 e. The van der Waals surface area contributed by atoms with Crippen LogP contribution in [0.4, 0.5) is 17.2 Å².